The van der Waals surface area contributed by atoms with Crippen molar-refractivity contribution >= 4 is 11.8 Å². The van der Waals surface area contributed by atoms with Gasteiger partial charge in [-0.05, 0) is 73.9 Å². The van der Waals surface area contributed by atoms with Gasteiger partial charge in [-0.2, -0.15) is 11.8 Å². The second-order valence-electron chi connectivity index (χ2n) is 6.41. The van der Waals surface area contributed by atoms with Gasteiger partial charge in [-0.3, -0.25) is 0 Å². The molecule has 0 aromatic heterocycles. The van der Waals surface area contributed by atoms with Crippen LogP contribution < -0.4 is 0 Å². The molecule has 110 valence electrons. The average molecular weight is 296 g/mol. The van der Waals surface area contributed by atoms with Crippen LogP contribution in [0.5, 0.6) is 0 Å². The Hall–Kier alpha value is -1.21. The quantitative estimate of drug-likeness (QED) is 0.622. The first-order valence-electron chi connectivity index (χ1n) is 7.80. The average Bonchev–Trinajstić information content (AvgIpc) is 2.44. The van der Waals surface area contributed by atoms with Crippen molar-refractivity contribution in [1.29, 1.82) is 0 Å². The van der Waals surface area contributed by atoms with Crippen LogP contribution >= 0.6 is 11.8 Å². The SMILES string of the molecule is Cc1cc2c(C)c(c1)CSCc1cc(C)cc(c1C)CC2. The van der Waals surface area contributed by atoms with Crippen LogP contribution in [0, 0.1) is 27.7 Å². The normalized spacial score (nSPS) is 14.7. The fourth-order valence-electron chi connectivity index (χ4n) is 3.39. The zero-order valence-corrected chi connectivity index (χ0v) is 14.4. The van der Waals surface area contributed by atoms with Crippen molar-refractivity contribution in [3.63, 3.8) is 0 Å². The highest BCUT2D eigenvalue weighted by molar-refractivity contribution is 7.97. The molecule has 0 saturated heterocycles. The van der Waals surface area contributed by atoms with Crippen LogP contribution in [0.25, 0.3) is 0 Å². The van der Waals surface area contributed by atoms with Crippen molar-refractivity contribution in [3.8, 4) is 0 Å². The lowest BCUT2D eigenvalue weighted by Crippen LogP contribution is -2.00. The predicted molar refractivity (Wildman–Crippen MR) is 94.2 cm³/mol. The van der Waals surface area contributed by atoms with Crippen molar-refractivity contribution in [2.45, 2.75) is 52.0 Å². The van der Waals surface area contributed by atoms with Crippen molar-refractivity contribution in [1.82, 2.24) is 0 Å². The van der Waals surface area contributed by atoms with Gasteiger partial charge >= 0.3 is 0 Å². The molecule has 0 spiro atoms. The van der Waals surface area contributed by atoms with Gasteiger partial charge in [0.2, 0.25) is 0 Å². The molecular weight excluding hydrogens is 272 g/mol. The van der Waals surface area contributed by atoms with Crippen molar-refractivity contribution in [3.05, 3.63) is 68.8 Å². The molecule has 21 heavy (non-hydrogen) atoms. The Kier molecular flexibility index (Phi) is 4.12. The summed E-state index contributed by atoms with van der Waals surface area (Å²) >= 11 is 2.05. The summed E-state index contributed by atoms with van der Waals surface area (Å²) in [5, 5.41) is 0. The maximum Gasteiger partial charge on any atom is 0.0190 e. The smallest absolute Gasteiger partial charge is 0.0190 e. The van der Waals surface area contributed by atoms with E-state index in [1.165, 1.54) is 44.5 Å². The van der Waals surface area contributed by atoms with Gasteiger partial charge in [0.25, 0.3) is 0 Å². The number of thioether (sulfide) groups is 1. The number of fused-ring (bicyclic) bond motifs is 4. The molecular formula is C20H24S. The molecule has 1 aliphatic rings. The summed E-state index contributed by atoms with van der Waals surface area (Å²) in [6, 6.07) is 9.51. The highest BCUT2D eigenvalue weighted by atomic mass is 32.2. The number of benzene rings is 2. The Morgan fingerprint density at radius 1 is 0.619 bits per heavy atom. The van der Waals surface area contributed by atoms with E-state index < -0.39 is 0 Å². The molecule has 0 fully saturated rings. The topological polar surface area (TPSA) is 0 Å². The Labute approximate surface area is 133 Å². The number of hydrogen-bond donors (Lipinski definition) is 0. The molecule has 1 heteroatoms. The van der Waals surface area contributed by atoms with Crippen LogP contribution in [0.1, 0.15) is 44.5 Å². The summed E-state index contributed by atoms with van der Waals surface area (Å²) in [7, 11) is 0. The summed E-state index contributed by atoms with van der Waals surface area (Å²) in [5.41, 5.74) is 12.0. The van der Waals surface area contributed by atoms with Crippen LogP contribution in [-0.2, 0) is 24.3 Å². The Morgan fingerprint density at radius 3 is 1.43 bits per heavy atom. The molecule has 0 N–H and O–H groups in total. The van der Waals surface area contributed by atoms with Crippen molar-refractivity contribution in [2.24, 2.45) is 0 Å². The fraction of sp³-hybridized carbons (Fsp3) is 0.400. The van der Waals surface area contributed by atoms with E-state index in [1.807, 2.05) is 0 Å². The highest BCUT2D eigenvalue weighted by Crippen LogP contribution is 2.29. The van der Waals surface area contributed by atoms with E-state index in [0.29, 0.717) is 0 Å². The molecule has 0 atom stereocenters. The zero-order chi connectivity index (χ0) is 15.0. The molecule has 1 heterocycles. The van der Waals surface area contributed by atoms with Gasteiger partial charge in [0.15, 0.2) is 0 Å². The second kappa shape index (κ2) is 5.88. The maximum atomic E-state index is 2.38. The Bertz CT molecular complexity index is 623. The molecule has 0 saturated carbocycles. The van der Waals surface area contributed by atoms with Crippen LogP contribution in [-0.4, -0.2) is 0 Å². The summed E-state index contributed by atoms with van der Waals surface area (Å²) < 4.78 is 0. The van der Waals surface area contributed by atoms with Gasteiger partial charge in [-0.25, -0.2) is 0 Å². The van der Waals surface area contributed by atoms with E-state index in [-0.39, 0.29) is 0 Å². The summed E-state index contributed by atoms with van der Waals surface area (Å²) in [6.07, 6.45) is 2.32. The zero-order valence-electron chi connectivity index (χ0n) is 13.5. The third-order valence-electron chi connectivity index (χ3n) is 4.71. The molecule has 2 aromatic rings. The van der Waals surface area contributed by atoms with Gasteiger partial charge in [0.1, 0.15) is 0 Å². The van der Waals surface area contributed by atoms with Gasteiger partial charge in [-0.15, -0.1) is 0 Å². The molecule has 0 unspecified atom stereocenters. The molecule has 0 amide bonds. The largest absolute Gasteiger partial charge is 0.152 e. The first-order chi connectivity index (χ1) is 10.0. The van der Waals surface area contributed by atoms with Crippen molar-refractivity contribution in [2.75, 3.05) is 0 Å². The molecule has 0 radical (unpaired) electrons. The van der Waals surface area contributed by atoms with Crippen LogP contribution in [0.3, 0.4) is 0 Å². The van der Waals surface area contributed by atoms with Gasteiger partial charge in [0, 0.05) is 11.5 Å². The molecule has 1 aliphatic heterocycles. The second-order valence-corrected chi connectivity index (χ2v) is 7.39. The lowest BCUT2D eigenvalue weighted by atomic mass is 9.92. The minimum absolute atomic E-state index is 1.13. The number of hydrogen-bond acceptors (Lipinski definition) is 1. The van der Waals surface area contributed by atoms with E-state index in [0.717, 1.165) is 24.3 Å². The summed E-state index contributed by atoms with van der Waals surface area (Å²) in [5.74, 6) is 2.26. The lowest BCUT2D eigenvalue weighted by molar-refractivity contribution is 0.928. The van der Waals surface area contributed by atoms with Gasteiger partial charge in [-0.1, -0.05) is 35.4 Å². The van der Waals surface area contributed by atoms with Crippen LogP contribution in [0.4, 0.5) is 0 Å². The van der Waals surface area contributed by atoms with E-state index in [9.17, 15) is 0 Å². The predicted octanol–water partition coefficient (Wildman–Crippen LogP) is 5.45. The molecule has 3 rings (SSSR count). The summed E-state index contributed by atoms with van der Waals surface area (Å²) in [6.45, 7) is 9.06. The Balaban J connectivity index is 2.06. The Morgan fingerprint density at radius 2 is 1.00 bits per heavy atom. The molecule has 0 nitrogen and oxygen atoms in total. The highest BCUT2D eigenvalue weighted by Gasteiger charge is 2.12. The van der Waals surface area contributed by atoms with Gasteiger partial charge < -0.3 is 0 Å². The first-order valence-corrected chi connectivity index (χ1v) is 8.96. The minimum Gasteiger partial charge on any atom is -0.152 e. The van der Waals surface area contributed by atoms with E-state index in [1.54, 1.807) is 0 Å². The van der Waals surface area contributed by atoms with E-state index in [2.05, 4.69) is 63.7 Å². The fourth-order valence-corrected chi connectivity index (χ4v) is 4.53. The van der Waals surface area contributed by atoms with E-state index >= 15 is 0 Å². The number of rotatable bonds is 0. The van der Waals surface area contributed by atoms with E-state index in [4.69, 9.17) is 0 Å². The number of aryl methyl sites for hydroxylation is 4. The maximum absolute atomic E-state index is 2.38. The standard InChI is InChI=1S/C20H24S/c1-13-7-17-5-6-18-8-14(2)10-20(16(18)4)12-21-11-19(9-13)15(17)3/h7-10H,5-6,11-12H2,1-4H3. The molecule has 4 bridgehead atoms. The first kappa shape index (κ1) is 14.7. The summed E-state index contributed by atoms with van der Waals surface area (Å²) in [4.78, 5) is 0. The van der Waals surface area contributed by atoms with Gasteiger partial charge in [0.05, 0.1) is 0 Å². The third kappa shape index (κ3) is 3.03. The molecule has 0 aliphatic carbocycles. The van der Waals surface area contributed by atoms with Crippen molar-refractivity contribution < 1.29 is 0 Å². The third-order valence-corrected chi connectivity index (χ3v) is 5.74. The minimum atomic E-state index is 1.13. The van der Waals surface area contributed by atoms with Crippen LogP contribution in [0.15, 0.2) is 24.3 Å². The monoisotopic (exact) mass is 296 g/mol. The lowest BCUT2D eigenvalue weighted by Gasteiger charge is -2.13. The van der Waals surface area contributed by atoms with Crippen LogP contribution in [0.2, 0.25) is 0 Å². The molecule has 2 aromatic carbocycles.